The van der Waals surface area contributed by atoms with E-state index in [9.17, 15) is 0 Å². The summed E-state index contributed by atoms with van der Waals surface area (Å²) < 4.78 is -3.31. The first-order valence-corrected chi connectivity index (χ1v) is 22.9. The Morgan fingerprint density at radius 1 is 0.233 bits per heavy atom. The number of alkyl halides is 4. The summed E-state index contributed by atoms with van der Waals surface area (Å²) in [4.78, 5) is 0. The molecule has 8 rings (SSSR count). The molecule has 0 aliphatic rings. The van der Waals surface area contributed by atoms with Crippen LogP contribution in [-0.2, 0) is 15.2 Å². The lowest BCUT2D eigenvalue weighted by Crippen LogP contribution is -2.83. The standard InChI is InChI=1S/C54H42Br4O2/c55-51(47-37-21-7-22-38-47,48-39-23-8-24-40-48)53(60,54(56,57)58)52(59,49(41-25-9-1-10-26-41,42-27-11-2-12-28-42)43-29-13-3-14-30-43)50(44-31-15-4-16-32-44,45-33-17-5-18-34-45)46-35-19-6-20-36-46/h1-40,59-60H. The molecule has 6 heteroatoms. The maximum absolute atomic E-state index is 16.5. The van der Waals surface area contributed by atoms with E-state index in [0.717, 1.165) is 33.4 Å². The zero-order chi connectivity index (χ0) is 41.9. The van der Waals surface area contributed by atoms with Gasteiger partial charge in [0.15, 0.2) is 7.74 Å². The number of hydrogen-bond donors (Lipinski definition) is 2. The molecule has 60 heavy (non-hydrogen) atoms. The highest BCUT2D eigenvalue weighted by Gasteiger charge is 2.83. The zero-order valence-corrected chi connectivity index (χ0v) is 38.8. The van der Waals surface area contributed by atoms with Crippen molar-refractivity contribution >= 4 is 63.7 Å². The smallest absolute Gasteiger partial charge is 0.168 e. The summed E-state index contributed by atoms with van der Waals surface area (Å²) in [5.41, 5.74) is -2.22. The summed E-state index contributed by atoms with van der Waals surface area (Å²) in [6.07, 6.45) is 0. The summed E-state index contributed by atoms with van der Waals surface area (Å²) in [5.74, 6) is 0. The van der Waals surface area contributed by atoms with Gasteiger partial charge in [0, 0.05) is 0 Å². The van der Waals surface area contributed by atoms with E-state index in [2.05, 4.69) is 137 Å². The van der Waals surface area contributed by atoms with E-state index in [1.54, 1.807) is 0 Å². The maximum Gasteiger partial charge on any atom is 0.168 e. The number of aliphatic hydroxyl groups is 2. The van der Waals surface area contributed by atoms with Gasteiger partial charge in [0.1, 0.15) is 9.93 Å². The van der Waals surface area contributed by atoms with Crippen molar-refractivity contribution in [3.63, 3.8) is 0 Å². The lowest BCUT2D eigenvalue weighted by Gasteiger charge is -2.69. The highest BCUT2D eigenvalue weighted by Crippen LogP contribution is 2.73. The summed E-state index contributed by atoms with van der Waals surface area (Å²) in [5, 5.41) is 32.2. The van der Waals surface area contributed by atoms with Crippen LogP contribution in [0.2, 0.25) is 0 Å². The highest BCUT2D eigenvalue weighted by molar-refractivity contribution is 9.39. The van der Waals surface area contributed by atoms with Crippen LogP contribution < -0.4 is 0 Å². The number of halogens is 4. The van der Waals surface area contributed by atoms with Crippen LogP contribution in [0.3, 0.4) is 0 Å². The monoisotopic (exact) mass is 1040 g/mol. The van der Waals surface area contributed by atoms with Crippen LogP contribution in [0, 0.1) is 0 Å². The maximum atomic E-state index is 16.5. The first-order valence-electron chi connectivity index (χ1n) is 19.7. The second-order valence-corrected chi connectivity index (χ2v) is 23.0. The zero-order valence-electron chi connectivity index (χ0n) is 32.5. The first-order chi connectivity index (χ1) is 29.1. The van der Waals surface area contributed by atoms with Crippen molar-refractivity contribution in [2.24, 2.45) is 0 Å². The Bertz CT molecular complexity index is 2230. The molecule has 0 aromatic heterocycles. The minimum atomic E-state index is -2.45. The molecule has 0 bridgehead atoms. The van der Waals surface area contributed by atoms with E-state index >= 15 is 10.2 Å². The summed E-state index contributed by atoms with van der Waals surface area (Å²) >= 11 is 16.7. The molecule has 0 saturated carbocycles. The first kappa shape index (κ1) is 42.3. The number of hydrogen-bond acceptors (Lipinski definition) is 2. The Morgan fingerprint density at radius 2 is 0.400 bits per heavy atom. The molecule has 0 fully saturated rings. The molecular weight excluding hydrogens is 1000 g/mol. The average molecular weight is 1040 g/mol. The molecule has 2 nitrogen and oxygen atoms in total. The van der Waals surface area contributed by atoms with Gasteiger partial charge in [-0.1, -0.05) is 306 Å². The van der Waals surface area contributed by atoms with Crippen LogP contribution in [-0.4, -0.2) is 23.6 Å². The van der Waals surface area contributed by atoms with Crippen LogP contribution in [0.15, 0.2) is 243 Å². The minimum absolute atomic E-state index is 0.700. The molecule has 0 spiro atoms. The van der Waals surface area contributed by atoms with Gasteiger partial charge in [-0.3, -0.25) is 0 Å². The van der Waals surface area contributed by atoms with Gasteiger partial charge >= 0.3 is 0 Å². The van der Waals surface area contributed by atoms with Crippen molar-refractivity contribution < 1.29 is 10.2 Å². The third-order valence-corrected chi connectivity index (χ3v) is 15.3. The van der Waals surface area contributed by atoms with E-state index in [4.69, 9.17) is 0 Å². The van der Waals surface area contributed by atoms with Gasteiger partial charge in [-0.05, 0) is 44.5 Å². The fourth-order valence-corrected chi connectivity index (χ4v) is 13.4. The topological polar surface area (TPSA) is 40.5 Å². The molecule has 1 unspecified atom stereocenters. The molecular formula is C54H42Br4O2. The van der Waals surface area contributed by atoms with Crippen molar-refractivity contribution in [3.8, 4) is 0 Å². The fraction of sp³-hybridized carbons (Fsp3) is 0.111. The summed E-state index contributed by atoms with van der Waals surface area (Å²) in [6, 6.07) is 80.5. The molecule has 298 valence electrons. The third kappa shape index (κ3) is 6.37. The summed E-state index contributed by atoms with van der Waals surface area (Å²) in [7, 11) is 0. The number of benzene rings is 8. The van der Waals surface area contributed by atoms with Crippen LogP contribution >= 0.6 is 63.7 Å². The van der Waals surface area contributed by atoms with E-state index in [1.807, 2.05) is 170 Å². The van der Waals surface area contributed by atoms with Crippen molar-refractivity contribution in [1.29, 1.82) is 0 Å². The molecule has 2 N–H and O–H groups in total. The quantitative estimate of drug-likeness (QED) is 0.0946. The third-order valence-electron chi connectivity index (χ3n) is 12.1. The van der Waals surface area contributed by atoms with Crippen molar-refractivity contribution in [2.45, 2.75) is 28.5 Å². The van der Waals surface area contributed by atoms with Crippen LogP contribution in [0.1, 0.15) is 44.5 Å². The molecule has 0 aliphatic carbocycles. The van der Waals surface area contributed by atoms with Gasteiger partial charge in [-0.15, -0.1) is 0 Å². The summed E-state index contributed by atoms with van der Waals surface area (Å²) in [6.45, 7) is 0. The van der Waals surface area contributed by atoms with Gasteiger partial charge in [0.05, 0.1) is 10.8 Å². The predicted molar refractivity (Wildman–Crippen MR) is 260 cm³/mol. The minimum Gasteiger partial charge on any atom is -0.383 e. The number of rotatable bonds is 12. The largest absolute Gasteiger partial charge is 0.383 e. The van der Waals surface area contributed by atoms with E-state index in [0.29, 0.717) is 11.1 Å². The van der Waals surface area contributed by atoms with Crippen molar-refractivity contribution in [2.75, 3.05) is 0 Å². The van der Waals surface area contributed by atoms with Crippen molar-refractivity contribution in [3.05, 3.63) is 287 Å². The lowest BCUT2D eigenvalue weighted by atomic mass is 9.40. The molecule has 0 saturated heterocycles. The molecule has 1 atom stereocenters. The Morgan fingerprint density at radius 3 is 0.567 bits per heavy atom. The van der Waals surface area contributed by atoms with Gasteiger partial charge in [0.25, 0.3) is 0 Å². The fourth-order valence-electron chi connectivity index (χ4n) is 9.78. The Balaban J connectivity index is 1.79. The molecule has 0 amide bonds. The normalized spacial score (nSPS) is 13.6. The molecule has 0 aliphatic heterocycles. The Labute approximate surface area is 386 Å². The highest BCUT2D eigenvalue weighted by atomic mass is 80.0. The van der Waals surface area contributed by atoms with Gasteiger partial charge in [-0.25, -0.2) is 0 Å². The second kappa shape index (κ2) is 17.2. The van der Waals surface area contributed by atoms with Crippen LogP contribution in [0.5, 0.6) is 0 Å². The lowest BCUT2D eigenvalue weighted by molar-refractivity contribution is -0.207. The predicted octanol–water partition coefficient (Wildman–Crippen LogP) is 13.7. The van der Waals surface area contributed by atoms with Gasteiger partial charge in [-0.2, -0.15) is 0 Å². The van der Waals surface area contributed by atoms with E-state index in [1.165, 1.54) is 0 Å². The van der Waals surface area contributed by atoms with E-state index < -0.39 is 28.5 Å². The van der Waals surface area contributed by atoms with E-state index in [-0.39, 0.29) is 0 Å². The molecule has 8 aromatic carbocycles. The Hall–Kier alpha value is -4.40. The van der Waals surface area contributed by atoms with Crippen LogP contribution in [0.25, 0.3) is 0 Å². The molecule has 0 radical (unpaired) electrons. The second-order valence-electron chi connectivity index (χ2n) is 15.0. The molecule has 0 heterocycles. The molecule has 8 aromatic rings. The van der Waals surface area contributed by atoms with Crippen molar-refractivity contribution in [1.82, 2.24) is 0 Å². The SMILES string of the molecule is OC(C(Br)(Br)Br)(C(Br)(c1ccccc1)c1ccccc1)C(O)(C(c1ccccc1)(c1ccccc1)c1ccccc1)C(c1ccccc1)(c1ccccc1)c1ccccc1. The Kier molecular flexibility index (Phi) is 12.1. The van der Waals surface area contributed by atoms with Crippen LogP contribution in [0.4, 0.5) is 0 Å². The van der Waals surface area contributed by atoms with Gasteiger partial charge < -0.3 is 10.2 Å². The van der Waals surface area contributed by atoms with Gasteiger partial charge in [0.2, 0.25) is 0 Å². The average Bonchev–Trinajstić information content (AvgIpc) is 3.31.